The van der Waals surface area contributed by atoms with Crippen molar-refractivity contribution in [1.29, 1.82) is 0 Å². The summed E-state index contributed by atoms with van der Waals surface area (Å²) < 4.78 is 0. The van der Waals surface area contributed by atoms with E-state index in [1.54, 1.807) is 36.4 Å². The first-order chi connectivity index (χ1) is 16.9. The normalized spacial score (nSPS) is 12.2. The van der Waals surface area contributed by atoms with Crippen LogP contribution in [0.3, 0.4) is 0 Å². The third-order valence-electron chi connectivity index (χ3n) is 5.52. The molecule has 2 amide bonds. The Labute approximate surface area is 232 Å². The number of carbonyl (C=O) groups excluding carboxylic acids is 2. The molecule has 8 heteroatoms. The average Bonchev–Trinajstić information content (AvgIpc) is 2.79. The number of nitrogens with one attached hydrogen (secondary N) is 1. The molecule has 0 aliphatic rings. The second-order valence-electron chi connectivity index (χ2n) is 9.58. The van der Waals surface area contributed by atoms with E-state index < -0.39 is 11.6 Å². The number of nitrogens with zero attached hydrogens (tertiary/aromatic N) is 1. The van der Waals surface area contributed by atoms with Crippen molar-refractivity contribution in [3.8, 4) is 0 Å². The van der Waals surface area contributed by atoms with Crippen molar-refractivity contribution in [2.24, 2.45) is 0 Å². The fraction of sp³-hybridized carbons (Fsp3) is 0.286. The molecule has 0 saturated carbocycles. The Kier molecular flexibility index (Phi) is 9.71. The Morgan fingerprint density at radius 3 is 2.08 bits per heavy atom. The van der Waals surface area contributed by atoms with Crippen LogP contribution in [0, 0.1) is 0 Å². The lowest BCUT2D eigenvalue weighted by molar-refractivity contribution is -0.141. The summed E-state index contributed by atoms with van der Waals surface area (Å²) in [5.41, 5.74) is 1.59. The summed E-state index contributed by atoms with van der Waals surface area (Å²) in [5.74, 6) is -0.565. The molecule has 3 aromatic carbocycles. The minimum absolute atomic E-state index is 0.0217. The van der Waals surface area contributed by atoms with Crippen molar-refractivity contribution in [1.82, 2.24) is 10.2 Å². The van der Waals surface area contributed by atoms with Crippen molar-refractivity contribution in [2.45, 2.75) is 51.7 Å². The maximum atomic E-state index is 13.8. The second kappa shape index (κ2) is 12.3. The van der Waals surface area contributed by atoms with Crippen LogP contribution in [0.25, 0.3) is 0 Å². The fourth-order valence-corrected chi connectivity index (χ4v) is 4.78. The number of benzene rings is 3. The molecule has 4 nitrogen and oxygen atoms in total. The van der Waals surface area contributed by atoms with Gasteiger partial charge < -0.3 is 10.2 Å². The molecule has 3 rings (SSSR count). The van der Waals surface area contributed by atoms with Crippen LogP contribution >= 0.6 is 46.4 Å². The van der Waals surface area contributed by atoms with Gasteiger partial charge in [0.25, 0.3) is 0 Å². The monoisotopic (exact) mass is 564 g/mol. The van der Waals surface area contributed by atoms with Crippen LogP contribution in [0.1, 0.15) is 37.5 Å². The molecule has 0 saturated heterocycles. The molecule has 0 spiro atoms. The molecule has 0 aliphatic heterocycles. The van der Waals surface area contributed by atoms with E-state index in [1.807, 2.05) is 51.1 Å². The van der Waals surface area contributed by atoms with Gasteiger partial charge >= 0.3 is 0 Å². The van der Waals surface area contributed by atoms with Gasteiger partial charge in [-0.05, 0) is 56.2 Å². The summed E-state index contributed by atoms with van der Waals surface area (Å²) in [6.45, 7) is 5.75. The van der Waals surface area contributed by atoms with E-state index in [2.05, 4.69) is 5.32 Å². The molecule has 1 N–H and O–H groups in total. The molecule has 0 bridgehead atoms. The maximum absolute atomic E-state index is 13.8. The van der Waals surface area contributed by atoms with Gasteiger partial charge in [-0.1, -0.05) is 88.9 Å². The lowest BCUT2D eigenvalue weighted by atomic mass is 9.99. The fourth-order valence-electron chi connectivity index (χ4n) is 3.79. The van der Waals surface area contributed by atoms with Gasteiger partial charge in [-0.15, -0.1) is 0 Å². The highest BCUT2D eigenvalue weighted by Crippen LogP contribution is 2.28. The quantitative estimate of drug-likeness (QED) is 0.309. The Bertz CT molecular complexity index is 1210. The number of hydrogen-bond acceptors (Lipinski definition) is 2. The molecule has 0 unspecified atom stereocenters. The molecule has 0 heterocycles. The molecule has 0 aromatic heterocycles. The van der Waals surface area contributed by atoms with Crippen LogP contribution in [0.4, 0.5) is 0 Å². The van der Waals surface area contributed by atoms with Gasteiger partial charge in [0.05, 0.1) is 6.42 Å². The zero-order valence-electron chi connectivity index (χ0n) is 20.3. The summed E-state index contributed by atoms with van der Waals surface area (Å²) in [6.07, 6.45) is 0.289. The van der Waals surface area contributed by atoms with Crippen molar-refractivity contribution in [3.63, 3.8) is 0 Å². The third-order valence-corrected chi connectivity index (χ3v) is 6.81. The van der Waals surface area contributed by atoms with Gasteiger partial charge in [0, 0.05) is 44.2 Å². The van der Waals surface area contributed by atoms with Gasteiger partial charge in [-0.3, -0.25) is 9.59 Å². The maximum Gasteiger partial charge on any atom is 0.243 e. The van der Waals surface area contributed by atoms with Crippen molar-refractivity contribution in [3.05, 3.63) is 104 Å². The minimum Gasteiger partial charge on any atom is -0.350 e. The number of amides is 2. The predicted octanol–water partition coefficient (Wildman–Crippen LogP) is 7.40. The van der Waals surface area contributed by atoms with E-state index in [4.69, 9.17) is 46.4 Å². The number of halogens is 4. The number of carbonyl (C=O) groups is 2. The smallest absolute Gasteiger partial charge is 0.243 e. The Morgan fingerprint density at radius 1 is 0.861 bits per heavy atom. The van der Waals surface area contributed by atoms with E-state index in [-0.39, 0.29) is 24.8 Å². The molecule has 0 aliphatic carbocycles. The average molecular weight is 566 g/mol. The SMILES string of the molecule is CC(C)(C)NC(=O)[C@H](Cc1ccccc1)N(Cc1c(Cl)cccc1Cl)C(=O)Cc1ccc(Cl)cc1Cl. The van der Waals surface area contributed by atoms with Crippen LogP contribution in [-0.2, 0) is 29.0 Å². The first kappa shape index (κ1) is 28.3. The summed E-state index contributed by atoms with van der Waals surface area (Å²) in [4.78, 5) is 29.0. The van der Waals surface area contributed by atoms with E-state index in [1.165, 1.54) is 4.90 Å². The van der Waals surface area contributed by atoms with Crippen LogP contribution in [0.15, 0.2) is 66.7 Å². The first-order valence-electron chi connectivity index (χ1n) is 11.5. The van der Waals surface area contributed by atoms with Gasteiger partial charge in [-0.25, -0.2) is 0 Å². The van der Waals surface area contributed by atoms with Crippen LogP contribution in [0.5, 0.6) is 0 Å². The lowest BCUT2D eigenvalue weighted by Crippen LogP contribution is -2.54. The lowest BCUT2D eigenvalue weighted by Gasteiger charge is -2.34. The van der Waals surface area contributed by atoms with Gasteiger partial charge in [0.15, 0.2) is 0 Å². The van der Waals surface area contributed by atoms with Gasteiger partial charge in [0.1, 0.15) is 6.04 Å². The van der Waals surface area contributed by atoms with Crippen LogP contribution < -0.4 is 5.32 Å². The van der Waals surface area contributed by atoms with Crippen molar-refractivity contribution < 1.29 is 9.59 Å². The van der Waals surface area contributed by atoms with E-state index in [0.717, 1.165) is 5.56 Å². The Hall–Kier alpha value is -2.24. The van der Waals surface area contributed by atoms with Crippen LogP contribution in [-0.4, -0.2) is 28.3 Å². The second-order valence-corrected chi connectivity index (χ2v) is 11.2. The molecule has 0 radical (unpaired) electrons. The summed E-state index contributed by atoms with van der Waals surface area (Å²) in [5, 5.41) is 4.72. The summed E-state index contributed by atoms with van der Waals surface area (Å²) >= 11 is 25.4. The minimum atomic E-state index is -0.822. The summed E-state index contributed by atoms with van der Waals surface area (Å²) in [6, 6.07) is 18.9. The molecule has 36 heavy (non-hydrogen) atoms. The molecule has 1 atom stereocenters. The Morgan fingerprint density at radius 2 is 1.50 bits per heavy atom. The largest absolute Gasteiger partial charge is 0.350 e. The standard InChI is InChI=1S/C28H28Cl4N2O2/c1-28(2,3)33-27(36)25(14-18-8-5-4-6-9-18)34(17-21-22(30)10-7-11-23(21)31)26(35)15-19-12-13-20(29)16-24(19)32/h4-13,16,25H,14-15,17H2,1-3H3,(H,33,36)/t25-/m0/s1. The molecule has 0 fully saturated rings. The molecular formula is C28H28Cl4N2O2. The molecule has 190 valence electrons. The van der Waals surface area contributed by atoms with E-state index in [9.17, 15) is 9.59 Å². The zero-order valence-corrected chi connectivity index (χ0v) is 23.3. The van der Waals surface area contributed by atoms with E-state index in [0.29, 0.717) is 37.6 Å². The third kappa shape index (κ3) is 7.88. The molecule has 3 aromatic rings. The zero-order chi connectivity index (χ0) is 26.5. The number of rotatable bonds is 8. The van der Waals surface area contributed by atoms with Crippen molar-refractivity contribution in [2.75, 3.05) is 0 Å². The predicted molar refractivity (Wildman–Crippen MR) is 149 cm³/mol. The molecular weight excluding hydrogens is 538 g/mol. The Balaban J connectivity index is 2.06. The van der Waals surface area contributed by atoms with Crippen LogP contribution in [0.2, 0.25) is 20.1 Å². The highest BCUT2D eigenvalue weighted by molar-refractivity contribution is 6.36. The number of hydrogen-bond donors (Lipinski definition) is 1. The summed E-state index contributed by atoms with van der Waals surface area (Å²) in [7, 11) is 0. The highest BCUT2D eigenvalue weighted by Gasteiger charge is 2.33. The topological polar surface area (TPSA) is 49.4 Å². The van der Waals surface area contributed by atoms with Gasteiger partial charge in [-0.2, -0.15) is 0 Å². The first-order valence-corrected chi connectivity index (χ1v) is 13.0. The highest BCUT2D eigenvalue weighted by atomic mass is 35.5. The van der Waals surface area contributed by atoms with E-state index >= 15 is 0 Å². The van der Waals surface area contributed by atoms with Crippen molar-refractivity contribution >= 4 is 58.2 Å². The van der Waals surface area contributed by atoms with Gasteiger partial charge in [0.2, 0.25) is 11.8 Å².